The van der Waals surface area contributed by atoms with Gasteiger partial charge in [0, 0.05) is 56.4 Å². The van der Waals surface area contributed by atoms with Crippen molar-refractivity contribution >= 4 is 22.4 Å². The van der Waals surface area contributed by atoms with Crippen LogP contribution >= 0.6 is 0 Å². The van der Waals surface area contributed by atoms with Crippen LogP contribution in [-0.4, -0.2) is 57.6 Å². The van der Waals surface area contributed by atoms with Crippen molar-refractivity contribution in [1.82, 2.24) is 24.9 Å². The third-order valence-corrected chi connectivity index (χ3v) is 5.48. The molecule has 0 radical (unpaired) electrons. The molecular formula is C21H24N6. The molecule has 138 valence electrons. The van der Waals surface area contributed by atoms with E-state index in [4.69, 9.17) is 4.99 Å². The quantitative estimate of drug-likeness (QED) is 0.893. The third-order valence-electron chi connectivity index (χ3n) is 5.48. The second kappa shape index (κ2) is 6.39. The maximum absolute atomic E-state index is 4.90. The van der Waals surface area contributed by atoms with Crippen LogP contribution < -0.4 is 5.32 Å². The SMILES string of the molecule is C[C@@H]1CN(C2=CN3CC=C(c4ccc5c(cnn5C)c4)N=C3C=C2)CCN1. The smallest absolute Gasteiger partial charge is 0.133 e. The van der Waals surface area contributed by atoms with E-state index in [1.54, 1.807) is 0 Å². The number of amidine groups is 1. The van der Waals surface area contributed by atoms with Gasteiger partial charge in [0.25, 0.3) is 0 Å². The molecule has 2 aromatic rings. The van der Waals surface area contributed by atoms with E-state index in [0.29, 0.717) is 6.04 Å². The number of benzene rings is 1. The second-order valence-corrected chi connectivity index (χ2v) is 7.44. The fraction of sp³-hybridized carbons (Fsp3) is 0.333. The molecule has 1 aromatic heterocycles. The molecular weight excluding hydrogens is 336 g/mol. The average Bonchev–Trinajstić information content (AvgIpc) is 3.07. The molecule has 0 unspecified atom stereocenters. The number of aryl methyl sites for hydroxylation is 1. The van der Waals surface area contributed by atoms with Crippen molar-refractivity contribution in [1.29, 1.82) is 0 Å². The molecule has 3 aliphatic heterocycles. The lowest BCUT2D eigenvalue weighted by atomic mass is 10.1. The highest BCUT2D eigenvalue weighted by molar-refractivity contribution is 6.00. The van der Waals surface area contributed by atoms with Crippen molar-refractivity contribution in [2.45, 2.75) is 13.0 Å². The van der Waals surface area contributed by atoms with Crippen LogP contribution in [0.1, 0.15) is 12.5 Å². The van der Waals surface area contributed by atoms with Crippen molar-refractivity contribution in [3.8, 4) is 0 Å². The summed E-state index contributed by atoms with van der Waals surface area (Å²) in [5.74, 6) is 1.01. The summed E-state index contributed by atoms with van der Waals surface area (Å²) in [5.41, 5.74) is 4.59. The predicted octanol–water partition coefficient (Wildman–Crippen LogP) is 2.33. The normalized spacial score (nSPS) is 22.4. The molecule has 1 N–H and O–H groups in total. The average molecular weight is 360 g/mol. The zero-order chi connectivity index (χ0) is 18.4. The summed E-state index contributed by atoms with van der Waals surface area (Å²) in [4.78, 5) is 9.58. The minimum atomic E-state index is 0.526. The molecule has 0 spiro atoms. The Balaban J connectivity index is 1.38. The zero-order valence-corrected chi connectivity index (χ0v) is 15.8. The van der Waals surface area contributed by atoms with Crippen LogP contribution in [0.3, 0.4) is 0 Å². The molecule has 3 aliphatic rings. The largest absolute Gasteiger partial charge is 0.368 e. The first kappa shape index (κ1) is 16.3. The monoisotopic (exact) mass is 360 g/mol. The number of rotatable bonds is 2. The number of nitrogens with one attached hydrogen (secondary N) is 1. The number of aliphatic imine (C=N–C) groups is 1. The number of hydrogen-bond donors (Lipinski definition) is 1. The lowest BCUT2D eigenvalue weighted by molar-refractivity contribution is 0.258. The molecule has 4 heterocycles. The Morgan fingerprint density at radius 3 is 3.04 bits per heavy atom. The molecule has 6 nitrogen and oxygen atoms in total. The molecule has 1 aromatic carbocycles. The van der Waals surface area contributed by atoms with Crippen LogP contribution in [0.4, 0.5) is 0 Å². The number of allylic oxidation sites excluding steroid dienone is 1. The maximum atomic E-state index is 4.90. The van der Waals surface area contributed by atoms with Gasteiger partial charge in [-0.15, -0.1) is 0 Å². The van der Waals surface area contributed by atoms with Crippen molar-refractivity contribution in [2.24, 2.45) is 12.0 Å². The summed E-state index contributed by atoms with van der Waals surface area (Å²) in [6.45, 7) is 6.21. The molecule has 0 saturated carbocycles. The van der Waals surface area contributed by atoms with Gasteiger partial charge in [0.1, 0.15) is 5.84 Å². The molecule has 1 saturated heterocycles. The zero-order valence-electron chi connectivity index (χ0n) is 15.8. The van der Waals surface area contributed by atoms with Crippen molar-refractivity contribution < 1.29 is 0 Å². The molecule has 1 atom stereocenters. The van der Waals surface area contributed by atoms with Gasteiger partial charge in [-0.3, -0.25) is 4.68 Å². The van der Waals surface area contributed by atoms with Gasteiger partial charge in [0.05, 0.1) is 23.1 Å². The number of piperazine rings is 1. The van der Waals surface area contributed by atoms with E-state index >= 15 is 0 Å². The summed E-state index contributed by atoms with van der Waals surface area (Å²) >= 11 is 0. The molecule has 1 fully saturated rings. The first-order valence-electron chi connectivity index (χ1n) is 9.53. The van der Waals surface area contributed by atoms with Gasteiger partial charge < -0.3 is 15.1 Å². The highest BCUT2D eigenvalue weighted by atomic mass is 15.3. The minimum absolute atomic E-state index is 0.526. The predicted molar refractivity (Wildman–Crippen MR) is 109 cm³/mol. The van der Waals surface area contributed by atoms with Crippen LogP contribution in [0, 0.1) is 0 Å². The lowest BCUT2D eigenvalue weighted by Gasteiger charge is -2.37. The standard InChI is InChI=1S/C21H24N6/c1-15-13-26(10-8-22-15)18-4-6-21-24-19(7-9-27(21)14-18)16-3-5-20-17(11-16)12-23-25(20)2/h3-7,11-12,14-15,22H,8-10,13H2,1-2H3/t15-/m1/s1. The Morgan fingerprint density at radius 2 is 2.15 bits per heavy atom. The Hall–Kier alpha value is -2.86. The highest BCUT2D eigenvalue weighted by Crippen LogP contribution is 2.26. The number of fused-ring (bicyclic) bond motifs is 2. The molecule has 0 amide bonds. The van der Waals surface area contributed by atoms with Gasteiger partial charge in [-0.25, -0.2) is 4.99 Å². The number of aromatic nitrogens is 2. The topological polar surface area (TPSA) is 48.7 Å². The van der Waals surface area contributed by atoms with Gasteiger partial charge in [0.2, 0.25) is 0 Å². The summed E-state index contributed by atoms with van der Waals surface area (Å²) in [6.07, 6.45) is 10.7. The van der Waals surface area contributed by atoms with E-state index in [0.717, 1.165) is 54.2 Å². The number of nitrogens with zero attached hydrogens (tertiary/aromatic N) is 5. The Bertz CT molecular complexity index is 1010. The van der Waals surface area contributed by atoms with Crippen molar-refractivity contribution in [3.63, 3.8) is 0 Å². The van der Waals surface area contributed by atoms with Crippen LogP contribution in [0.5, 0.6) is 0 Å². The number of hydrogen-bond acceptors (Lipinski definition) is 5. The molecule has 0 bridgehead atoms. The van der Waals surface area contributed by atoms with E-state index in [1.165, 1.54) is 5.70 Å². The van der Waals surface area contributed by atoms with Crippen LogP contribution in [0.15, 0.2) is 59.5 Å². The van der Waals surface area contributed by atoms with Gasteiger partial charge in [0.15, 0.2) is 0 Å². The second-order valence-electron chi connectivity index (χ2n) is 7.44. The van der Waals surface area contributed by atoms with E-state index in [1.807, 2.05) is 17.9 Å². The fourth-order valence-electron chi connectivity index (χ4n) is 3.99. The summed E-state index contributed by atoms with van der Waals surface area (Å²) in [6, 6.07) is 6.94. The molecule has 5 rings (SSSR count). The molecule has 6 heteroatoms. The Kier molecular flexibility index (Phi) is 3.86. The maximum Gasteiger partial charge on any atom is 0.133 e. The fourth-order valence-corrected chi connectivity index (χ4v) is 3.99. The van der Waals surface area contributed by atoms with Gasteiger partial charge in [-0.1, -0.05) is 6.07 Å². The Labute approximate surface area is 159 Å². The van der Waals surface area contributed by atoms with E-state index in [9.17, 15) is 0 Å². The van der Waals surface area contributed by atoms with E-state index in [2.05, 4.69) is 69.8 Å². The van der Waals surface area contributed by atoms with Gasteiger partial charge in [-0.2, -0.15) is 5.10 Å². The van der Waals surface area contributed by atoms with Gasteiger partial charge >= 0.3 is 0 Å². The highest BCUT2D eigenvalue weighted by Gasteiger charge is 2.22. The minimum Gasteiger partial charge on any atom is -0.368 e. The van der Waals surface area contributed by atoms with Crippen LogP contribution in [0.25, 0.3) is 16.6 Å². The first-order chi connectivity index (χ1) is 13.2. The van der Waals surface area contributed by atoms with Crippen LogP contribution in [-0.2, 0) is 7.05 Å². The third kappa shape index (κ3) is 2.96. The molecule has 0 aliphatic carbocycles. The summed E-state index contributed by atoms with van der Waals surface area (Å²) < 4.78 is 1.90. The first-order valence-corrected chi connectivity index (χ1v) is 9.53. The van der Waals surface area contributed by atoms with E-state index in [-0.39, 0.29) is 0 Å². The summed E-state index contributed by atoms with van der Waals surface area (Å²) in [5, 5.41) is 8.98. The van der Waals surface area contributed by atoms with Crippen molar-refractivity contribution in [3.05, 3.63) is 60.1 Å². The summed E-state index contributed by atoms with van der Waals surface area (Å²) in [7, 11) is 1.97. The van der Waals surface area contributed by atoms with Crippen molar-refractivity contribution in [2.75, 3.05) is 26.2 Å². The van der Waals surface area contributed by atoms with Crippen LogP contribution in [0.2, 0.25) is 0 Å². The van der Waals surface area contributed by atoms with E-state index < -0.39 is 0 Å². The van der Waals surface area contributed by atoms with Gasteiger partial charge in [-0.05, 0) is 37.3 Å². The Morgan fingerprint density at radius 1 is 1.22 bits per heavy atom. The lowest BCUT2D eigenvalue weighted by Crippen LogP contribution is -2.49. The molecule has 27 heavy (non-hydrogen) atoms.